The molecule has 9 rings (SSSR count). The first-order chi connectivity index (χ1) is 23.3. The summed E-state index contributed by atoms with van der Waals surface area (Å²) in [6.45, 7) is 0. The maximum Gasteiger partial charge on any atom is 0.164 e. The maximum absolute atomic E-state index is 5.09. The van der Waals surface area contributed by atoms with Crippen molar-refractivity contribution in [2.75, 3.05) is 0 Å². The van der Waals surface area contributed by atoms with Crippen LogP contribution >= 0.6 is 11.3 Å². The fourth-order valence-corrected chi connectivity index (χ4v) is 7.12. The monoisotopic (exact) mass is 619 g/mol. The van der Waals surface area contributed by atoms with Gasteiger partial charge in [0, 0.05) is 43.7 Å². The number of pyridine rings is 2. The van der Waals surface area contributed by atoms with Crippen LogP contribution in [0.25, 0.3) is 87.8 Å². The summed E-state index contributed by atoms with van der Waals surface area (Å²) in [6.07, 6.45) is 1.86. The number of hydrogen-bond acceptors (Lipinski definition) is 6. The lowest BCUT2D eigenvalue weighted by atomic mass is 10.0. The highest BCUT2D eigenvalue weighted by Gasteiger charge is 2.15. The van der Waals surface area contributed by atoms with Crippen LogP contribution in [0.3, 0.4) is 0 Å². The third-order valence-electron chi connectivity index (χ3n) is 8.41. The minimum atomic E-state index is 0.639. The third kappa shape index (κ3) is 5.01. The van der Waals surface area contributed by atoms with E-state index in [-0.39, 0.29) is 0 Å². The highest BCUT2D eigenvalue weighted by atomic mass is 32.1. The Labute approximate surface area is 275 Å². The van der Waals surface area contributed by atoms with Crippen LogP contribution in [-0.2, 0) is 0 Å². The molecule has 0 aliphatic carbocycles. The SMILES string of the molecule is c1ccc(-c2nc(-c3ccccc3)nc(-c3cccc(-c4ccc5sc6nc(-c7nccc8ccccc78)ccc6c5c4)c3)n2)cc1. The minimum absolute atomic E-state index is 0.639. The maximum atomic E-state index is 5.09. The summed E-state index contributed by atoms with van der Waals surface area (Å²) in [6, 6.07) is 49.8. The van der Waals surface area contributed by atoms with E-state index in [1.54, 1.807) is 11.3 Å². The van der Waals surface area contributed by atoms with Crippen molar-refractivity contribution in [3.8, 4) is 56.7 Å². The first-order valence-electron chi connectivity index (χ1n) is 15.4. The van der Waals surface area contributed by atoms with Gasteiger partial charge in [-0.3, -0.25) is 4.98 Å². The van der Waals surface area contributed by atoms with Crippen LogP contribution in [-0.4, -0.2) is 24.9 Å². The largest absolute Gasteiger partial charge is 0.254 e. The number of aromatic nitrogens is 5. The summed E-state index contributed by atoms with van der Waals surface area (Å²) >= 11 is 1.71. The lowest BCUT2D eigenvalue weighted by molar-refractivity contribution is 1.07. The fourth-order valence-electron chi connectivity index (χ4n) is 6.07. The molecule has 0 unspecified atom stereocenters. The third-order valence-corrected chi connectivity index (χ3v) is 9.49. The van der Waals surface area contributed by atoms with E-state index < -0.39 is 0 Å². The summed E-state index contributed by atoms with van der Waals surface area (Å²) in [5.74, 6) is 1.94. The van der Waals surface area contributed by atoms with Crippen molar-refractivity contribution >= 4 is 42.4 Å². The number of benzene rings is 5. The zero-order chi connectivity index (χ0) is 31.2. The van der Waals surface area contributed by atoms with Gasteiger partial charge in [0.15, 0.2) is 17.5 Å². The van der Waals surface area contributed by atoms with E-state index in [2.05, 4.69) is 72.8 Å². The van der Waals surface area contributed by atoms with Gasteiger partial charge in [0.1, 0.15) is 4.83 Å². The Morgan fingerprint density at radius 2 is 1.04 bits per heavy atom. The highest BCUT2D eigenvalue weighted by molar-refractivity contribution is 7.25. The topological polar surface area (TPSA) is 64.5 Å². The lowest BCUT2D eigenvalue weighted by Gasteiger charge is -2.10. The zero-order valence-corrected chi connectivity index (χ0v) is 25.9. The Kier molecular flexibility index (Phi) is 6.58. The quantitative estimate of drug-likeness (QED) is 0.192. The second kappa shape index (κ2) is 11.4. The van der Waals surface area contributed by atoms with Gasteiger partial charge in [-0.1, -0.05) is 109 Å². The van der Waals surface area contributed by atoms with Gasteiger partial charge >= 0.3 is 0 Å². The molecule has 5 aromatic carbocycles. The summed E-state index contributed by atoms with van der Waals surface area (Å²) in [4.78, 5) is 25.5. The Hall–Kier alpha value is -6.11. The van der Waals surface area contributed by atoms with Crippen LogP contribution in [0.1, 0.15) is 0 Å². The number of hydrogen-bond donors (Lipinski definition) is 0. The van der Waals surface area contributed by atoms with E-state index in [4.69, 9.17) is 24.9 Å². The molecular weight excluding hydrogens is 595 g/mol. The molecule has 0 N–H and O–H groups in total. The fraction of sp³-hybridized carbons (Fsp3) is 0. The van der Waals surface area contributed by atoms with Crippen molar-refractivity contribution in [3.05, 3.63) is 152 Å². The van der Waals surface area contributed by atoms with E-state index in [0.29, 0.717) is 17.5 Å². The standard InChI is InChI=1S/C41H25N5S/c1-3-11-27(12-4-1)38-44-39(28-13-5-2-6-14-28)46-40(45-38)31-16-9-15-29(24-31)30-18-21-36-34(25-30)33-19-20-35(43-41(33)47-36)37-32-17-8-7-10-26(32)22-23-42-37/h1-25H. The van der Waals surface area contributed by atoms with Crippen molar-refractivity contribution in [2.45, 2.75) is 0 Å². The lowest BCUT2D eigenvalue weighted by Crippen LogP contribution is -2.00. The molecule has 0 amide bonds. The molecule has 0 fully saturated rings. The normalized spacial score (nSPS) is 11.4. The van der Waals surface area contributed by atoms with Crippen molar-refractivity contribution in [1.29, 1.82) is 0 Å². The van der Waals surface area contributed by atoms with E-state index >= 15 is 0 Å². The summed E-state index contributed by atoms with van der Waals surface area (Å²) in [5.41, 5.74) is 6.85. The molecule has 4 aromatic heterocycles. The molecule has 47 heavy (non-hydrogen) atoms. The van der Waals surface area contributed by atoms with Gasteiger partial charge in [-0.2, -0.15) is 0 Å². The molecule has 220 valence electrons. The van der Waals surface area contributed by atoms with Crippen LogP contribution in [0.2, 0.25) is 0 Å². The van der Waals surface area contributed by atoms with Gasteiger partial charge in [-0.05, 0) is 52.9 Å². The van der Waals surface area contributed by atoms with Crippen LogP contribution in [0.5, 0.6) is 0 Å². The van der Waals surface area contributed by atoms with Gasteiger partial charge in [0.05, 0.1) is 11.4 Å². The van der Waals surface area contributed by atoms with Crippen molar-refractivity contribution in [1.82, 2.24) is 24.9 Å². The highest BCUT2D eigenvalue weighted by Crippen LogP contribution is 2.38. The molecule has 0 aliphatic heterocycles. The Morgan fingerprint density at radius 1 is 0.404 bits per heavy atom. The minimum Gasteiger partial charge on any atom is -0.254 e. The molecule has 4 heterocycles. The summed E-state index contributed by atoms with van der Waals surface area (Å²) in [5, 5.41) is 4.60. The van der Waals surface area contributed by atoms with Crippen LogP contribution < -0.4 is 0 Å². The molecule has 0 atom stereocenters. The Morgan fingerprint density at radius 3 is 1.81 bits per heavy atom. The zero-order valence-electron chi connectivity index (χ0n) is 25.1. The van der Waals surface area contributed by atoms with Crippen LogP contribution in [0, 0.1) is 0 Å². The average Bonchev–Trinajstić information content (AvgIpc) is 3.52. The van der Waals surface area contributed by atoms with Crippen molar-refractivity contribution in [3.63, 3.8) is 0 Å². The molecule has 9 aromatic rings. The van der Waals surface area contributed by atoms with Gasteiger partial charge in [0.25, 0.3) is 0 Å². The predicted octanol–water partition coefficient (Wildman–Crippen LogP) is 10.5. The van der Waals surface area contributed by atoms with Crippen LogP contribution in [0.15, 0.2) is 152 Å². The molecule has 0 aliphatic rings. The number of thiophene rings is 1. The molecular formula is C41H25N5S. The molecule has 0 bridgehead atoms. The van der Waals surface area contributed by atoms with E-state index in [1.807, 2.05) is 79.0 Å². The van der Waals surface area contributed by atoms with Gasteiger partial charge < -0.3 is 0 Å². The summed E-state index contributed by atoms with van der Waals surface area (Å²) < 4.78 is 1.20. The van der Waals surface area contributed by atoms with E-state index in [9.17, 15) is 0 Å². The average molecular weight is 620 g/mol. The number of fused-ring (bicyclic) bond motifs is 4. The first kappa shape index (κ1) is 27.2. The number of nitrogens with zero attached hydrogens (tertiary/aromatic N) is 5. The Balaban J connectivity index is 1.12. The van der Waals surface area contributed by atoms with Gasteiger partial charge in [-0.25, -0.2) is 19.9 Å². The van der Waals surface area contributed by atoms with Gasteiger partial charge in [0.2, 0.25) is 0 Å². The molecule has 5 nitrogen and oxygen atoms in total. The van der Waals surface area contributed by atoms with Crippen molar-refractivity contribution in [2.24, 2.45) is 0 Å². The molecule has 0 saturated carbocycles. The molecule has 0 spiro atoms. The van der Waals surface area contributed by atoms with E-state index in [0.717, 1.165) is 60.2 Å². The first-order valence-corrected chi connectivity index (χ1v) is 16.2. The van der Waals surface area contributed by atoms with Gasteiger partial charge in [-0.15, -0.1) is 11.3 Å². The Bertz CT molecular complexity index is 2520. The smallest absolute Gasteiger partial charge is 0.164 e. The second-order valence-electron chi connectivity index (χ2n) is 11.4. The summed E-state index contributed by atoms with van der Waals surface area (Å²) in [7, 11) is 0. The number of rotatable bonds is 5. The second-order valence-corrected chi connectivity index (χ2v) is 12.4. The van der Waals surface area contributed by atoms with Crippen LogP contribution in [0.4, 0.5) is 0 Å². The van der Waals surface area contributed by atoms with Crippen molar-refractivity contribution < 1.29 is 0 Å². The molecule has 0 saturated heterocycles. The molecule has 0 radical (unpaired) electrons. The molecule has 6 heteroatoms. The predicted molar refractivity (Wildman–Crippen MR) is 193 cm³/mol. The van der Waals surface area contributed by atoms with E-state index in [1.165, 1.54) is 10.1 Å².